The van der Waals surface area contributed by atoms with E-state index in [2.05, 4.69) is 10.2 Å². The van der Waals surface area contributed by atoms with Gasteiger partial charge in [0.1, 0.15) is 5.82 Å². The maximum Gasteiger partial charge on any atom is 0.161 e. The van der Waals surface area contributed by atoms with Crippen molar-refractivity contribution >= 4 is 5.82 Å². The minimum absolute atomic E-state index is 0.473. The Balaban J connectivity index is 2.07. The molecule has 0 atom stereocenters. The van der Waals surface area contributed by atoms with Crippen molar-refractivity contribution in [2.45, 2.75) is 20.3 Å². The zero-order valence-corrected chi connectivity index (χ0v) is 11.6. The quantitative estimate of drug-likeness (QED) is 0.863. The van der Waals surface area contributed by atoms with E-state index in [-0.39, 0.29) is 0 Å². The standard InChI is InChI=1S/C15H17N3O2/c1-9-10(2)15(16)18-17-14(9)11-4-5-12-13(8-11)20-7-3-6-19-12/h4-5,8H,3,6-7H2,1-2H3,(H2,16,18). The molecule has 104 valence electrons. The molecule has 1 aromatic carbocycles. The second-order valence-electron chi connectivity index (χ2n) is 4.90. The fourth-order valence-corrected chi connectivity index (χ4v) is 2.21. The lowest BCUT2D eigenvalue weighted by atomic mass is 10.0. The van der Waals surface area contributed by atoms with Gasteiger partial charge in [0.15, 0.2) is 11.5 Å². The summed E-state index contributed by atoms with van der Waals surface area (Å²) in [5.41, 5.74) is 9.56. The van der Waals surface area contributed by atoms with Crippen LogP contribution in [0.25, 0.3) is 11.3 Å². The molecule has 0 fully saturated rings. The minimum atomic E-state index is 0.473. The molecular formula is C15H17N3O2. The van der Waals surface area contributed by atoms with Crippen LogP contribution in [0.3, 0.4) is 0 Å². The molecule has 0 aliphatic carbocycles. The third-order valence-corrected chi connectivity index (χ3v) is 3.58. The first kappa shape index (κ1) is 12.7. The van der Waals surface area contributed by atoms with E-state index in [1.54, 1.807) is 0 Å². The molecule has 2 heterocycles. The van der Waals surface area contributed by atoms with E-state index in [9.17, 15) is 0 Å². The van der Waals surface area contributed by atoms with Gasteiger partial charge in [-0.1, -0.05) is 0 Å². The Kier molecular flexibility index (Phi) is 3.18. The molecule has 2 N–H and O–H groups in total. The molecule has 1 aromatic heterocycles. The van der Waals surface area contributed by atoms with Crippen LogP contribution in [0.1, 0.15) is 17.5 Å². The molecule has 5 heteroatoms. The van der Waals surface area contributed by atoms with E-state index in [1.807, 2.05) is 32.0 Å². The molecule has 0 saturated heterocycles. The normalized spacial score (nSPS) is 13.9. The van der Waals surface area contributed by atoms with Crippen LogP contribution in [0.2, 0.25) is 0 Å². The van der Waals surface area contributed by atoms with Crippen molar-refractivity contribution in [2.24, 2.45) is 0 Å². The van der Waals surface area contributed by atoms with Crippen molar-refractivity contribution in [3.8, 4) is 22.8 Å². The van der Waals surface area contributed by atoms with Crippen LogP contribution in [-0.4, -0.2) is 23.4 Å². The van der Waals surface area contributed by atoms with Gasteiger partial charge >= 0.3 is 0 Å². The molecule has 5 nitrogen and oxygen atoms in total. The van der Waals surface area contributed by atoms with Gasteiger partial charge < -0.3 is 15.2 Å². The number of nitrogens with zero attached hydrogens (tertiary/aromatic N) is 2. The number of nitrogen functional groups attached to an aromatic ring is 1. The number of benzene rings is 1. The lowest BCUT2D eigenvalue weighted by Crippen LogP contribution is -2.02. The van der Waals surface area contributed by atoms with Crippen molar-refractivity contribution in [1.29, 1.82) is 0 Å². The van der Waals surface area contributed by atoms with Crippen LogP contribution in [0, 0.1) is 13.8 Å². The Bertz CT molecular complexity index is 656. The molecule has 0 radical (unpaired) electrons. The summed E-state index contributed by atoms with van der Waals surface area (Å²) in [5, 5.41) is 8.21. The van der Waals surface area contributed by atoms with Crippen molar-refractivity contribution in [3.05, 3.63) is 29.3 Å². The number of rotatable bonds is 1. The predicted octanol–water partition coefficient (Wildman–Crippen LogP) is 2.50. The van der Waals surface area contributed by atoms with Gasteiger partial charge in [-0.15, -0.1) is 10.2 Å². The van der Waals surface area contributed by atoms with Crippen molar-refractivity contribution in [1.82, 2.24) is 10.2 Å². The first-order valence-corrected chi connectivity index (χ1v) is 6.66. The first-order chi connectivity index (χ1) is 9.66. The third-order valence-electron chi connectivity index (χ3n) is 3.58. The fraction of sp³-hybridized carbons (Fsp3) is 0.333. The lowest BCUT2D eigenvalue weighted by molar-refractivity contribution is 0.297. The van der Waals surface area contributed by atoms with Gasteiger partial charge in [-0.25, -0.2) is 0 Å². The summed E-state index contributed by atoms with van der Waals surface area (Å²) >= 11 is 0. The van der Waals surface area contributed by atoms with E-state index in [4.69, 9.17) is 15.2 Å². The Morgan fingerprint density at radius 1 is 1.00 bits per heavy atom. The highest BCUT2D eigenvalue weighted by atomic mass is 16.5. The van der Waals surface area contributed by atoms with Crippen LogP contribution in [0.5, 0.6) is 11.5 Å². The number of fused-ring (bicyclic) bond motifs is 1. The molecule has 0 amide bonds. The highest BCUT2D eigenvalue weighted by molar-refractivity contribution is 5.68. The summed E-state index contributed by atoms with van der Waals surface area (Å²) < 4.78 is 11.3. The Morgan fingerprint density at radius 3 is 2.55 bits per heavy atom. The van der Waals surface area contributed by atoms with Crippen molar-refractivity contribution in [2.75, 3.05) is 18.9 Å². The van der Waals surface area contributed by atoms with Crippen LogP contribution in [0.4, 0.5) is 5.82 Å². The average Bonchev–Trinajstić information content (AvgIpc) is 2.69. The SMILES string of the molecule is Cc1c(N)nnc(-c2ccc3c(c2)OCCCO3)c1C. The average molecular weight is 271 g/mol. The molecule has 0 unspecified atom stereocenters. The summed E-state index contributed by atoms with van der Waals surface area (Å²) in [4.78, 5) is 0. The van der Waals surface area contributed by atoms with Gasteiger partial charge in [0.2, 0.25) is 0 Å². The largest absolute Gasteiger partial charge is 0.490 e. The summed E-state index contributed by atoms with van der Waals surface area (Å²) in [5.74, 6) is 2.01. The second-order valence-corrected chi connectivity index (χ2v) is 4.90. The maximum absolute atomic E-state index is 5.78. The number of anilines is 1. The maximum atomic E-state index is 5.78. The molecule has 1 aliphatic heterocycles. The predicted molar refractivity (Wildman–Crippen MR) is 77.0 cm³/mol. The number of aromatic nitrogens is 2. The summed E-state index contributed by atoms with van der Waals surface area (Å²) in [6, 6.07) is 5.84. The van der Waals surface area contributed by atoms with E-state index in [1.165, 1.54) is 0 Å². The first-order valence-electron chi connectivity index (χ1n) is 6.66. The Hall–Kier alpha value is -2.30. The summed E-state index contributed by atoms with van der Waals surface area (Å²) in [6.45, 7) is 5.30. The summed E-state index contributed by atoms with van der Waals surface area (Å²) in [7, 11) is 0. The molecule has 20 heavy (non-hydrogen) atoms. The van der Waals surface area contributed by atoms with Gasteiger partial charge in [0, 0.05) is 12.0 Å². The molecule has 0 saturated carbocycles. The number of hydrogen-bond donors (Lipinski definition) is 1. The van der Waals surface area contributed by atoms with Gasteiger partial charge in [-0.2, -0.15) is 0 Å². The van der Waals surface area contributed by atoms with Crippen LogP contribution in [-0.2, 0) is 0 Å². The van der Waals surface area contributed by atoms with Crippen molar-refractivity contribution < 1.29 is 9.47 Å². The van der Waals surface area contributed by atoms with E-state index < -0.39 is 0 Å². The van der Waals surface area contributed by atoms with E-state index in [0.29, 0.717) is 19.0 Å². The molecule has 3 rings (SSSR count). The van der Waals surface area contributed by atoms with Gasteiger partial charge in [0.05, 0.1) is 18.9 Å². The van der Waals surface area contributed by atoms with Crippen LogP contribution in [0.15, 0.2) is 18.2 Å². The van der Waals surface area contributed by atoms with E-state index in [0.717, 1.165) is 40.3 Å². The Labute approximate surface area is 117 Å². The number of ether oxygens (including phenoxy) is 2. The van der Waals surface area contributed by atoms with Crippen LogP contribution < -0.4 is 15.2 Å². The topological polar surface area (TPSA) is 70.3 Å². The highest BCUT2D eigenvalue weighted by Crippen LogP contribution is 2.35. The van der Waals surface area contributed by atoms with E-state index >= 15 is 0 Å². The number of nitrogens with two attached hydrogens (primary N) is 1. The van der Waals surface area contributed by atoms with Crippen LogP contribution >= 0.6 is 0 Å². The zero-order chi connectivity index (χ0) is 14.1. The number of hydrogen-bond acceptors (Lipinski definition) is 5. The van der Waals surface area contributed by atoms with Gasteiger partial charge in [-0.05, 0) is 43.2 Å². The molecule has 1 aliphatic rings. The van der Waals surface area contributed by atoms with Gasteiger partial charge in [0.25, 0.3) is 0 Å². The fourth-order valence-electron chi connectivity index (χ4n) is 2.21. The molecule has 0 bridgehead atoms. The molecule has 0 spiro atoms. The molecule has 2 aromatic rings. The summed E-state index contributed by atoms with van der Waals surface area (Å²) in [6.07, 6.45) is 0.893. The second kappa shape index (κ2) is 5.00. The zero-order valence-electron chi connectivity index (χ0n) is 11.6. The smallest absolute Gasteiger partial charge is 0.161 e. The molecular weight excluding hydrogens is 254 g/mol. The lowest BCUT2D eigenvalue weighted by Gasteiger charge is -2.11. The van der Waals surface area contributed by atoms with Crippen molar-refractivity contribution in [3.63, 3.8) is 0 Å². The Morgan fingerprint density at radius 2 is 1.75 bits per heavy atom. The minimum Gasteiger partial charge on any atom is -0.490 e. The third kappa shape index (κ3) is 2.15. The monoisotopic (exact) mass is 271 g/mol. The highest BCUT2D eigenvalue weighted by Gasteiger charge is 2.14. The van der Waals surface area contributed by atoms with Gasteiger partial charge in [-0.3, -0.25) is 0 Å².